The average Bonchev–Trinajstić information content (AvgIpc) is 2.15. The van der Waals surface area contributed by atoms with Gasteiger partial charge in [-0.15, -0.1) is 6.58 Å². The van der Waals surface area contributed by atoms with E-state index in [1.165, 1.54) is 12.5 Å². The largest absolute Gasteiger partial charge is 0.480 e. The minimum atomic E-state index is -0.874. The Hall–Kier alpha value is -0.870. The predicted octanol–water partition coefficient (Wildman–Crippen LogP) is 0.616. The molecule has 1 heterocycles. The van der Waals surface area contributed by atoms with Crippen LogP contribution in [0.4, 0.5) is 0 Å². The van der Waals surface area contributed by atoms with Gasteiger partial charge in [-0.1, -0.05) is 12.5 Å². The number of aliphatic carboxylic acids is 1. The van der Waals surface area contributed by atoms with Crippen LogP contribution in [0, 0.1) is 0 Å². The third kappa shape index (κ3) is 3.16. The summed E-state index contributed by atoms with van der Waals surface area (Å²) in [6.45, 7) is 5.33. The lowest BCUT2D eigenvalue weighted by Gasteiger charge is -2.28. The number of carbonyl (C=O) groups is 1. The Morgan fingerprint density at radius 1 is 1.46 bits per heavy atom. The lowest BCUT2D eigenvalue weighted by atomic mass is 10.2. The first-order valence-electron chi connectivity index (χ1n) is 4.60. The van der Waals surface area contributed by atoms with Crippen molar-refractivity contribution in [3.05, 3.63) is 12.7 Å². The highest BCUT2D eigenvalue weighted by molar-refractivity contribution is 5.75. The van der Waals surface area contributed by atoms with Crippen LogP contribution < -0.4 is 5.43 Å². The van der Waals surface area contributed by atoms with E-state index >= 15 is 0 Å². The number of carboxylic acid groups (broad SMARTS) is 1. The van der Waals surface area contributed by atoms with Crippen LogP contribution in [0.5, 0.6) is 0 Å². The Labute approximate surface area is 78.2 Å². The lowest BCUT2D eigenvalue weighted by molar-refractivity contribution is -0.139. The van der Waals surface area contributed by atoms with Crippen molar-refractivity contribution in [1.82, 2.24) is 10.4 Å². The molecule has 4 nitrogen and oxygen atoms in total. The predicted molar refractivity (Wildman–Crippen MR) is 50.2 cm³/mol. The number of hydrazine groups is 1. The molecule has 0 aromatic heterocycles. The standard InChI is InChI=1S/C9H16N2O2/c1-2-8(9(12)13)10-11-6-4-3-5-7-11/h2,8,10H,1,3-7H2,(H,12,13). The molecule has 0 amide bonds. The van der Waals surface area contributed by atoms with Crippen LogP contribution in [0.1, 0.15) is 19.3 Å². The van der Waals surface area contributed by atoms with E-state index in [1.54, 1.807) is 0 Å². The van der Waals surface area contributed by atoms with Gasteiger partial charge in [0.05, 0.1) is 0 Å². The van der Waals surface area contributed by atoms with Crippen molar-refractivity contribution in [3.8, 4) is 0 Å². The van der Waals surface area contributed by atoms with E-state index < -0.39 is 12.0 Å². The van der Waals surface area contributed by atoms with Crippen molar-refractivity contribution >= 4 is 5.97 Å². The van der Waals surface area contributed by atoms with Crippen molar-refractivity contribution < 1.29 is 9.90 Å². The van der Waals surface area contributed by atoms with Crippen molar-refractivity contribution in [2.24, 2.45) is 0 Å². The normalized spacial score (nSPS) is 20.9. The summed E-state index contributed by atoms with van der Waals surface area (Å²) in [4.78, 5) is 10.6. The first kappa shape index (κ1) is 10.2. The van der Waals surface area contributed by atoms with Crippen LogP contribution in [-0.2, 0) is 4.79 Å². The van der Waals surface area contributed by atoms with Crippen LogP contribution in [0.25, 0.3) is 0 Å². The van der Waals surface area contributed by atoms with Crippen LogP contribution in [0.3, 0.4) is 0 Å². The van der Waals surface area contributed by atoms with Gasteiger partial charge in [0, 0.05) is 13.1 Å². The molecule has 1 unspecified atom stereocenters. The maximum atomic E-state index is 10.6. The van der Waals surface area contributed by atoms with E-state index in [9.17, 15) is 4.79 Å². The quantitative estimate of drug-likeness (QED) is 0.629. The van der Waals surface area contributed by atoms with Crippen LogP contribution in [-0.4, -0.2) is 35.2 Å². The van der Waals surface area contributed by atoms with Crippen molar-refractivity contribution in [2.75, 3.05) is 13.1 Å². The molecule has 1 rings (SSSR count). The summed E-state index contributed by atoms with van der Waals surface area (Å²) < 4.78 is 0. The molecule has 74 valence electrons. The molecular formula is C9H16N2O2. The summed E-state index contributed by atoms with van der Waals surface area (Å²) in [6.07, 6.45) is 4.92. The molecule has 1 fully saturated rings. The fourth-order valence-electron chi connectivity index (χ4n) is 1.43. The molecule has 0 saturated carbocycles. The molecule has 1 saturated heterocycles. The van der Waals surface area contributed by atoms with Gasteiger partial charge in [0.25, 0.3) is 0 Å². The summed E-state index contributed by atoms with van der Waals surface area (Å²) >= 11 is 0. The zero-order chi connectivity index (χ0) is 9.68. The number of rotatable bonds is 4. The Kier molecular flexibility index (Phi) is 3.92. The maximum Gasteiger partial charge on any atom is 0.326 e. The molecule has 0 aromatic rings. The molecule has 0 bridgehead atoms. The van der Waals surface area contributed by atoms with Gasteiger partial charge in [0.15, 0.2) is 0 Å². The molecule has 0 radical (unpaired) electrons. The van der Waals surface area contributed by atoms with Gasteiger partial charge in [-0.3, -0.25) is 4.79 Å². The fraction of sp³-hybridized carbons (Fsp3) is 0.667. The maximum absolute atomic E-state index is 10.6. The lowest BCUT2D eigenvalue weighted by Crippen LogP contribution is -2.49. The van der Waals surface area contributed by atoms with Gasteiger partial charge >= 0.3 is 5.97 Å². The highest BCUT2D eigenvalue weighted by Crippen LogP contribution is 2.06. The number of carboxylic acids is 1. The number of nitrogens with zero attached hydrogens (tertiary/aromatic N) is 1. The van der Waals surface area contributed by atoms with Gasteiger partial charge in [-0.2, -0.15) is 0 Å². The SMILES string of the molecule is C=CC(NN1CCCCC1)C(=O)O. The summed E-state index contributed by atoms with van der Waals surface area (Å²) in [5.74, 6) is -0.874. The van der Waals surface area contributed by atoms with Crippen molar-refractivity contribution in [3.63, 3.8) is 0 Å². The van der Waals surface area contributed by atoms with E-state index in [-0.39, 0.29) is 0 Å². The highest BCUT2D eigenvalue weighted by atomic mass is 16.4. The first-order valence-corrected chi connectivity index (χ1v) is 4.60. The van der Waals surface area contributed by atoms with Crippen LogP contribution in [0.15, 0.2) is 12.7 Å². The van der Waals surface area contributed by atoms with Gasteiger partial charge < -0.3 is 5.11 Å². The first-order chi connectivity index (χ1) is 6.24. The van der Waals surface area contributed by atoms with E-state index in [0.717, 1.165) is 25.9 Å². The Morgan fingerprint density at radius 3 is 2.54 bits per heavy atom. The van der Waals surface area contributed by atoms with Crippen LogP contribution >= 0.6 is 0 Å². The fourth-order valence-corrected chi connectivity index (χ4v) is 1.43. The number of nitrogens with one attached hydrogen (secondary N) is 1. The number of hydrogen-bond donors (Lipinski definition) is 2. The van der Waals surface area contributed by atoms with Crippen molar-refractivity contribution in [1.29, 1.82) is 0 Å². The monoisotopic (exact) mass is 184 g/mol. The Morgan fingerprint density at radius 2 is 2.08 bits per heavy atom. The molecule has 0 aliphatic carbocycles. The molecule has 1 aliphatic heterocycles. The smallest absolute Gasteiger partial charge is 0.326 e. The van der Waals surface area contributed by atoms with E-state index in [0.29, 0.717) is 0 Å². The van der Waals surface area contributed by atoms with E-state index in [4.69, 9.17) is 5.11 Å². The Balaban J connectivity index is 2.35. The molecule has 4 heteroatoms. The summed E-state index contributed by atoms with van der Waals surface area (Å²) in [5.41, 5.74) is 2.92. The minimum absolute atomic E-state index is 0.655. The Bertz CT molecular complexity index is 188. The second kappa shape index (κ2) is 4.99. The zero-order valence-electron chi connectivity index (χ0n) is 7.70. The third-order valence-electron chi connectivity index (χ3n) is 2.18. The summed E-state index contributed by atoms with van der Waals surface area (Å²) in [5, 5.41) is 10.7. The third-order valence-corrected chi connectivity index (χ3v) is 2.18. The van der Waals surface area contributed by atoms with Gasteiger partial charge in [-0.05, 0) is 12.8 Å². The van der Waals surface area contributed by atoms with Crippen LogP contribution in [0.2, 0.25) is 0 Å². The second-order valence-electron chi connectivity index (χ2n) is 3.23. The zero-order valence-corrected chi connectivity index (χ0v) is 7.70. The molecule has 13 heavy (non-hydrogen) atoms. The van der Waals surface area contributed by atoms with Crippen molar-refractivity contribution in [2.45, 2.75) is 25.3 Å². The minimum Gasteiger partial charge on any atom is -0.480 e. The summed E-state index contributed by atoms with van der Waals surface area (Å²) in [6, 6.07) is -0.655. The van der Waals surface area contributed by atoms with E-state index in [1.807, 2.05) is 5.01 Å². The average molecular weight is 184 g/mol. The highest BCUT2D eigenvalue weighted by Gasteiger charge is 2.17. The second-order valence-corrected chi connectivity index (χ2v) is 3.23. The molecular weight excluding hydrogens is 168 g/mol. The summed E-state index contributed by atoms with van der Waals surface area (Å²) in [7, 11) is 0. The number of piperidine rings is 1. The van der Waals surface area contributed by atoms with Gasteiger partial charge in [0.1, 0.15) is 6.04 Å². The van der Waals surface area contributed by atoms with Gasteiger partial charge in [-0.25, -0.2) is 10.4 Å². The topological polar surface area (TPSA) is 52.6 Å². The van der Waals surface area contributed by atoms with Gasteiger partial charge in [0.2, 0.25) is 0 Å². The molecule has 2 N–H and O–H groups in total. The van der Waals surface area contributed by atoms with E-state index in [2.05, 4.69) is 12.0 Å². The molecule has 1 aliphatic rings. The number of hydrogen-bond acceptors (Lipinski definition) is 3. The molecule has 0 aromatic carbocycles. The molecule has 0 spiro atoms. The molecule has 1 atom stereocenters.